The molecule has 0 radical (unpaired) electrons. The average molecular weight is 354 g/mol. The monoisotopic (exact) mass is 353 g/mol. The minimum absolute atomic E-state index is 0. The third-order valence-corrected chi connectivity index (χ3v) is 5.73. The van der Waals surface area contributed by atoms with E-state index in [0.717, 1.165) is 5.75 Å². The number of piperidine rings is 1. The van der Waals surface area contributed by atoms with Crippen LogP contribution in [0.3, 0.4) is 0 Å². The van der Waals surface area contributed by atoms with Gasteiger partial charge >= 0.3 is 0 Å². The van der Waals surface area contributed by atoms with E-state index in [1.165, 1.54) is 63.6 Å². The van der Waals surface area contributed by atoms with Crippen molar-refractivity contribution in [3.63, 3.8) is 0 Å². The van der Waals surface area contributed by atoms with E-state index in [2.05, 4.69) is 29.2 Å². The number of ether oxygens (including phenoxy) is 2. The quantitative estimate of drug-likeness (QED) is 0.755. The van der Waals surface area contributed by atoms with E-state index < -0.39 is 0 Å². The molecule has 0 bridgehead atoms. The van der Waals surface area contributed by atoms with Crippen LogP contribution < -0.4 is 4.74 Å². The largest absolute Gasteiger partial charge is 0.497 e. The summed E-state index contributed by atoms with van der Waals surface area (Å²) in [5, 5.41) is 0. The molecule has 1 aromatic carbocycles. The van der Waals surface area contributed by atoms with Crippen LogP contribution in [0.4, 0.5) is 0 Å². The molecule has 136 valence electrons. The van der Waals surface area contributed by atoms with Gasteiger partial charge in [0.15, 0.2) is 0 Å². The SMILES string of the molecule is COc1ccc([C@H](OC)[C@@H]2CCCC[C@@H]2N2CCCCC2)cc1.Cl. The zero-order valence-electron chi connectivity index (χ0n) is 15.1. The number of hydrogen-bond acceptors (Lipinski definition) is 3. The molecule has 24 heavy (non-hydrogen) atoms. The molecule has 2 fully saturated rings. The molecule has 1 aliphatic heterocycles. The molecule has 0 N–H and O–H groups in total. The average Bonchev–Trinajstić information content (AvgIpc) is 2.64. The number of nitrogens with zero attached hydrogens (tertiary/aromatic N) is 1. The molecule has 4 heteroatoms. The summed E-state index contributed by atoms with van der Waals surface area (Å²) in [7, 11) is 3.59. The fraction of sp³-hybridized carbons (Fsp3) is 0.700. The van der Waals surface area contributed by atoms with Gasteiger partial charge in [-0.1, -0.05) is 31.4 Å². The van der Waals surface area contributed by atoms with Gasteiger partial charge in [0, 0.05) is 19.1 Å². The summed E-state index contributed by atoms with van der Waals surface area (Å²) >= 11 is 0. The first-order chi connectivity index (χ1) is 11.3. The Labute approximate surface area is 153 Å². The zero-order valence-corrected chi connectivity index (χ0v) is 15.9. The van der Waals surface area contributed by atoms with E-state index in [1.54, 1.807) is 7.11 Å². The Kier molecular flexibility index (Phi) is 7.86. The smallest absolute Gasteiger partial charge is 0.118 e. The Morgan fingerprint density at radius 2 is 1.58 bits per heavy atom. The fourth-order valence-corrected chi connectivity index (χ4v) is 4.55. The second kappa shape index (κ2) is 9.65. The molecule has 1 aromatic rings. The number of hydrogen-bond donors (Lipinski definition) is 0. The lowest BCUT2D eigenvalue weighted by molar-refractivity contribution is -0.0204. The third kappa shape index (κ3) is 4.44. The van der Waals surface area contributed by atoms with E-state index in [1.807, 2.05) is 7.11 Å². The van der Waals surface area contributed by atoms with Gasteiger partial charge in [0.05, 0.1) is 13.2 Å². The summed E-state index contributed by atoms with van der Waals surface area (Å²) in [5.74, 6) is 1.53. The lowest BCUT2D eigenvalue weighted by Gasteiger charge is -2.44. The fourth-order valence-electron chi connectivity index (χ4n) is 4.55. The lowest BCUT2D eigenvalue weighted by Crippen LogP contribution is -2.47. The molecule has 0 amide bonds. The number of rotatable bonds is 5. The molecule has 1 aliphatic carbocycles. The van der Waals surface area contributed by atoms with Crippen molar-refractivity contribution in [2.75, 3.05) is 27.3 Å². The molecule has 1 saturated carbocycles. The van der Waals surface area contributed by atoms with Gasteiger partial charge in [-0.05, 0) is 56.5 Å². The molecular weight excluding hydrogens is 322 g/mol. The summed E-state index contributed by atoms with van der Waals surface area (Å²) in [6.45, 7) is 2.56. The van der Waals surface area contributed by atoms with E-state index in [4.69, 9.17) is 9.47 Å². The van der Waals surface area contributed by atoms with Gasteiger partial charge in [0.2, 0.25) is 0 Å². The highest BCUT2D eigenvalue weighted by atomic mass is 35.5. The van der Waals surface area contributed by atoms with Gasteiger partial charge in [-0.2, -0.15) is 0 Å². The van der Waals surface area contributed by atoms with Gasteiger partial charge in [-0.3, -0.25) is 0 Å². The molecule has 3 rings (SSSR count). The van der Waals surface area contributed by atoms with Gasteiger partial charge in [-0.25, -0.2) is 0 Å². The Hall–Kier alpha value is -0.770. The van der Waals surface area contributed by atoms with Crippen molar-refractivity contribution in [3.05, 3.63) is 29.8 Å². The number of halogens is 1. The minimum Gasteiger partial charge on any atom is -0.497 e. The van der Waals surface area contributed by atoms with Crippen molar-refractivity contribution in [2.45, 2.75) is 57.1 Å². The summed E-state index contributed by atoms with van der Waals surface area (Å²) in [6, 6.07) is 9.15. The molecular formula is C20H32ClNO2. The highest BCUT2D eigenvalue weighted by Gasteiger charge is 2.36. The Morgan fingerprint density at radius 1 is 0.917 bits per heavy atom. The maximum absolute atomic E-state index is 6.00. The molecule has 1 saturated heterocycles. The van der Waals surface area contributed by atoms with Crippen LogP contribution in [-0.2, 0) is 4.74 Å². The summed E-state index contributed by atoms with van der Waals surface area (Å²) < 4.78 is 11.3. The topological polar surface area (TPSA) is 21.7 Å². The molecule has 3 atom stereocenters. The molecule has 0 unspecified atom stereocenters. The van der Waals surface area contributed by atoms with Crippen molar-refractivity contribution in [2.24, 2.45) is 5.92 Å². The molecule has 0 aromatic heterocycles. The lowest BCUT2D eigenvalue weighted by atomic mass is 9.77. The van der Waals surface area contributed by atoms with Crippen LogP contribution in [0.5, 0.6) is 5.75 Å². The first-order valence-electron chi connectivity index (χ1n) is 9.24. The Morgan fingerprint density at radius 3 is 2.21 bits per heavy atom. The van der Waals surface area contributed by atoms with Crippen LogP contribution in [0.15, 0.2) is 24.3 Å². The Balaban J connectivity index is 0.00000208. The van der Waals surface area contributed by atoms with Crippen molar-refractivity contribution < 1.29 is 9.47 Å². The van der Waals surface area contributed by atoms with E-state index in [9.17, 15) is 0 Å². The molecule has 3 nitrogen and oxygen atoms in total. The zero-order chi connectivity index (χ0) is 16.1. The summed E-state index contributed by atoms with van der Waals surface area (Å²) in [4.78, 5) is 2.75. The van der Waals surface area contributed by atoms with E-state index in [-0.39, 0.29) is 18.5 Å². The van der Waals surface area contributed by atoms with Crippen molar-refractivity contribution >= 4 is 12.4 Å². The van der Waals surface area contributed by atoms with Gasteiger partial charge in [0.1, 0.15) is 5.75 Å². The van der Waals surface area contributed by atoms with Crippen LogP contribution in [-0.4, -0.2) is 38.3 Å². The first-order valence-corrected chi connectivity index (χ1v) is 9.24. The Bertz CT molecular complexity index is 473. The summed E-state index contributed by atoms with van der Waals surface area (Å²) in [6.07, 6.45) is 9.66. The third-order valence-electron chi connectivity index (χ3n) is 5.73. The van der Waals surface area contributed by atoms with E-state index >= 15 is 0 Å². The van der Waals surface area contributed by atoms with E-state index in [0.29, 0.717) is 12.0 Å². The molecule has 2 aliphatic rings. The van der Waals surface area contributed by atoms with Crippen LogP contribution in [0.1, 0.15) is 56.6 Å². The number of methoxy groups -OCH3 is 2. The van der Waals surface area contributed by atoms with Gasteiger partial charge in [0.25, 0.3) is 0 Å². The molecule has 1 heterocycles. The highest BCUT2D eigenvalue weighted by Crippen LogP contribution is 2.40. The second-order valence-electron chi connectivity index (χ2n) is 7.04. The van der Waals surface area contributed by atoms with Crippen molar-refractivity contribution in [1.82, 2.24) is 4.90 Å². The number of benzene rings is 1. The highest BCUT2D eigenvalue weighted by molar-refractivity contribution is 5.85. The number of likely N-dealkylation sites (tertiary alicyclic amines) is 1. The van der Waals surface area contributed by atoms with Crippen LogP contribution in [0.2, 0.25) is 0 Å². The predicted molar refractivity (Wildman–Crippen MR) is 101 cm³/mol. The standard InChI is InChI=1S/C20H31NO2.ClH/c1-22-17-12-10-16(11-13-17)20(23-2)18-8-4-5-9-19(18)21-14-6-3-7-15-21;/h10-13,18-20H,3-9,14-15H2,1-2H3;1H/t18-,19+,20+;/m1./s1. The van der Waals surface area contributed by atoms with Gasteiger partial charge < -0.3 is 14.4 Å². The van der Waals surface area contributed by atoms with Crippen molar-refractivity contribution in [1.29, 1.82) is 0 Å². The van der Waals surface area contributed by atoms with Crippen molar-refractivity contribution in [3.8, 4) is 5.75 Å². The normalized spacial score (nSPS) is 26.4. The van der Waals surface area contributed by atoms with Crippen LogP contribution >= 0.6 is 12.4 Å². The minimum atomic E-state index is 0. The predicted octanol–water partition coefficient (Wildman–Crippen LogP) is 4.85. The van der Waals surface area contributed by atoms with Crippen LogP contribution in [0, 0.1) is 5.92 Å². The van der Waals surface area contributed by atoms with Gasteiger partial charge in [-0.15, -0.1) is 12.4 Å². The maximum Gasteiger partial charge on any atom is 0.118 e. The van der Waals surface area contributed by atoms with Crippen LogP contribution in [0.25, 0.3) is 0 Å². The second-order valence-corrected chi connectivity index (χ2v) is 7.04. The first kappa shape index (κ1) is 19.6. The summed E-state index contributed by atoms with van der Waals surface area (Å²) in [5.41, 5.74) is 1.29. The molecule has 0 spiro atoms. The maximum atomic E-state index is 6.00.